The molecule has 5 heteroatoms. The molecule has 1 amide bonds. The molecule has 2 rings (SSSR count). The molecular weight excluding hydrogens is 396 g/mol. The second kappa shape index (κ2) is 11.8. The number of rotatable bonds is 10. The molecule has 0 radical (unpaired) electrons. The molecule has 0 saturated heterocycles. The Balaban J connectivity index is 2.02. The third-order valence-corrected chi connectivity index (χ3v) is 5.40. The summed E-state index contributed by atoms with van der Waals surface area (Å²) < 4.78 is 5.52. The molecule has 0 saturated carbocycles. The van der Waals surface area contributed by atoms with E-state index in [1.54, 1.807) is 19.3 Å². The number of nitrogens with one attached hydrogen (secondary N) is 1. The summed E-state index contributed by atoms with van der Waals surface area (Å²) in [5.74, 6) is 0.650. The normalized spacial score (nSPS) is 11.6. The van der Waals surface area contributed by atoms with Crippen molar-refractivity contribution in [3.63, 3.8) is 0 Å². The molecule has 0 bridgehead atoms. The number of nitrogens with zero attached hydrogens (tertiary/aromatic N) is 1. The zero-order valence-electron chi connectivity index (χ0n) is 18.6. The number of anilines is 1. The van der Waals surface area contributed by atoms with E-state index in [1.807, 2.05) is 36.4 Å². The topological polar surface area (TPSA) is 41.6 Å². The number of hydrogen-bond donors (Lipinski definition) is 1. The molecule has 0 fully saturated rings. The Morgan fingerprint density at radius 2 is 1.83 bits per heavy atom. The summed E-state index contributed by atoms with van der Waals surface area (Å²) in [7, 11) is 1.68. The van der Waals surface area contributed by atoms with E-state index in [9.17, 15) is 4.79 Å². The van der Waals surface area contributed by atoms with Crippen LogP contribution in [-0.2, 0) is 11.2 Å². The van der Waals surface area contributed by atoms with Crippen molar-refractivity contribution >= 4 is 29.3 Å². The monoisotopic (exact) mass is 428 g/mol. The van der Waals surface area contributed by atoms with Gasteiger partial charge in [-0.15, -0.1) is 0 Å². The van der Waals surface area contributed by atoms with Crippen LogP contribution in [0.4, 0.5) is 5.69 Å². The molecule has 0 aliphatic heterocycles. The largest absolute Gasteiger partial charge is 0.496 e. The average molecular weight is 429 g/mol. The molecule has 0 atom stereocenters. The number of aryl methyl sites for hydroxylation is 1. The lowest BCUT2D eigenvalue weighted by Crippen LogP contribution is -2.37. The van der Waals surface area contributed by atoms with Crippen molar-refractivity contribution in [1.29, 1.82) is 0 Å². The van der Waals surface area contributed by atoms with Crippen LogP contribution in [0.5, 0.6) is 5.75 Å². The van der Waals surface area contributed by atoms with E-state index in [4.69, 9.17) is 16.3 Å². The second-order valence-corrected chi connectivity index (χ2v) is 8.31. The van der Waals surface area contributed by atoms with Gasteiger partial charge < -0.3 is 10.1 Å². The molecule has 162 valence electrons. The predicted octanol–water partition coefficient (Wildman–Crippen LogP) is 6.05. The fraction of sp³-hybridized carbons (Fsp3) is 0.400. The van der Waals surface area contributed by atoms with Gasteiger partial charge in [-0.3, -0.25) is 9.69 Å². The van der Waals surface area contributed by atoms with Crippen LogP contribution in [0.1, 0.15) is 45.2 Å². The van der Waals surface area contributed by atoms with Crippen molar-refractivity contribution in [2.75, 3.05) is 19.0 Å². The Morgan fingerprint density at radius 3 is 2.47 bits per heavy atom. The van der Waals surface area contributed by atoms with Crippen LogP contribution in [0, 0.1) is 0 Å². The number of benzene rings is 2. The summed E-state index contributed by atoms with van der Waals surface area (Å²) in [5.41, 5.74) is 2.66. The second-order valence-electron chi connectivity index (χ2n) is 7.90. The summed E-state index contributed by atoms with van der Waals surface area (Å²) in [6.45, 7) is 9.94. The molecular formula is C25H33ClN2O2. The Labute approximate surface area is 185 Å². The van der Waals surface area contributed by atoms with Crippen molar-refractivity contribution < 1.29 is 9.53 Å². The zero-order valence-corrected chi connectivity index (χ0v) is 19.4. The molecule has 0 unspecified atom stereocenters. The minimum atomic E-state index is -0.197. The number of methoxy groups -OCH3 is 1. The van der Waals surface area contributed by atoms with Gasteiger partial charge in [0.1, 0.15) is 5.75 Å². The van der Waals surface area contributed by atoms with Gasteiger partial charge in [0.05, 0.1) is 7.11 Å². The third kappa shape index (κ3) is 7.19. The van der Waals surface area contributed by atoms with Gasteiger partial charge in [-0.2, -0.15) is 0 Å². The first kappa shape index (κ1) is 24.0. The maximum absolute atomic E-state index is 12.3. The van der Waals surface area contributed by atoms with E-state index in [1.165, 1.54) is 6.08 Å². The molecule has 0 aliphatic carbocycles. The fourth-order valence-electron chi connectivity index (χ4n) is 3.58. The van der Waals surface area contributed by atoms with E-state index in [0.717, 1.165) is 42.0 Å². The molecule has 0 heterocycles. The molecule has 0 aliphatic rings. The van der Waals surface area contributed by atoms with Crippen LogP contribution in [0.15, 0.2) is 48.5 Å². The molecule has 1 N–H and O–H groups in total. The number of amides is 1. The highest BCUT2D eigenvalue weighted by molar-refractivity contribution is 6.32. The van der Waals surface area contributed by atoms with Gasteiger partial charge in [-0.1, -0.05) is 29.8 Å². The molecule has 0 spiro atoms. The first-order valence-corrected chi connectivity index (χ1v) is 10.9. The number of ether oxygens (including phenoxy) is 1. The Kier molecular flexibility index (Phi) is 9.41. The standard InChI is InChI=1S/C25H33ClN2O2/c1-18(2)28(19(3)4)16-8-10-21-17-22(13-14-24(21)30-5)27-25(29)15-12-20-9-6-7-11-23(20)26/h6-7,9,11-15,17-19H,8,10,16H2,1-5H3,(H,27,29). The van der Waals surface area contributed by atoms with Crippen LogP contribution in [0.3, 0.4) is 0 Å². The van der Waals surface area contributed by atoms with Crippen LogP contribution in [-0.4, -0.2) is 36.5 Å². The van der Waals surface area contributed by atoms with Gasteiger partial charge in [0.25, 0.3) is 0 Å². The lowest BCUT2D eigenvalue weighted by atomic mass is 10.1. The third-order valence-electron chi connectivity index (χ3n) is 5.06. The lowest BCUT2D eigenvalue weighted by Gasteiger charge is -2.30. The highest BCUT2D eigenvalue weighted by atomic mass is 35.5. The number of halogens is 1. The van der Waals surface area contributed by atoms with E-state index in [-0.39, 0.29) is 5.91 Å². The molecule has 30 heavy (non-hydrogen) atoms. The van der Waals surface area contributed by atoms with E-state index >= 15 is 0 Å². The zero-order chi connectivity index (χ0) is 22.1. The fourth-order valence-corrected chi connectivity index (χ4v) is 3.77. The molecule has 0 aromatic heterocycles. The van der Waals surface area contributed by atoms with Gasteiger partial charge in [-0.05, 0) is 88.5 Å². The van der Waals surface area contributed by atoms with Gasteiger partial charge >= 0.3 is 0 Å². The Morgan fingerprint density at radius 1 is 1.13 bits per heavy atom. The summed E-state index contributed by atoms with van der Waals surface area (Å²) in [5, 5.41) is 3.54. The average Bonchev–Trinajstić information content (AvgIpc) is 2.70. The van der Waals surface area contributed by atoms with Crippen LogP contribution in [0.2, 0.25) is 5.02 Å². The van der Waals surface area contributed by atoms with E-state index < -0.39 is 0 Å². The van der Waals surface area contributed by atoms with Gasteiger partial charge in [0.2, 0.25) is 5.91 Å². The maximum atomic E-state index is 12.3. The van der Waals surface area contributed by atoms with Crippen molar-refractivity contribution in [3.8, 4) is 5.75 Å². The van der Waals surface area contributed by atoms with Gasteiger partial charge in [0.15, 0.2) is 0 Å². The highest BCUT2D eigenvalue weighted by Gasteiger charge is 2.13. The number of carbonyl (C=O) groups excluding carboxylic acids is 1. The molecule has 4 nitrogen and oxygen atoms in total. The summed E-state index contributed by atoms with van der Waals surface area (Å²) in [6.07, 6.45) is 5.12. The van der Waals surface area contributed by atoms with Gasteiger partial charge in [0, 0.05) is 28.9 Å². The lowest BCUT2D eigenvalue weighted by molar-refractivity contribution is -0.111. The Bertz CT molecular complexity index is 854. The summed E-state index contributed by atoms with van der Waals surface area (Å²) in [4.78, 5) is 14.8. The van der Waals surface area contributed by atoms with Crippen LogP contribution < -0.4 is 10.1 Å². The Hall–Kier alpha value is -2.30. The van der Waals surface area contributed by atoms with Crippen LogP contribution >= 0.6 is 11.6 Å². The quantitative estimate of drug-likeness (QED) is 0.468. The minimum Gasteiger partial charge on any atom is -0.496 e. The highest BCUT2D eigenvalue weighted by Crippen LogP contribution is 2.24. The first-order valence-electron chi connectivity index (χ1n) is 10.5. The molecule has 2 aromatic rings. The molecule has 2 aromatic carbocycles. The maximum Gasteiger partial charge on any atom is 0.248 e. The van der Waals surface area contributed by atoms with Crippen molar-refractivity contribution in [3.05, 3.63) is 64.7 Å². The number of carbonyl (C=O) groups is 1. The first-order chi connectivity index (χ1) is 14.3. The van der Waals surface area contributed by atoms with Crippen molar-refractivity contribution in [2.45, 2.75) is 52.6 Å². The van der Waals surface area contributed by atoms with Gasteiger partial charge in [-0.25, -0.2) is 0 Å². The smallest absolute Gasteiger partial charge is 0.248 e. The summed E-state index contributed by atoms with van der Waals surface area (Å²) in [6, 6.07) is 14.2. The van der Waals surface area contributed by atoms with E-state index in [2.05, 4.69) is 37.9 Å². The predicted molar refractivity (Wildman–Crippen MR) is 127 cm³/mol. The van der Waals surface area contributed by atoms with Crippen LogP contribution in [0.25, 0.3) is 6.08 Å². The van der Waals surface area contributed by atoms with E-state index in [0.29, 0.717) is 17.1 Å². The van der Waals surface area contributed by atoms with Crippen molar-refractivity contribution in [1.82, 2.24) is 4.90 Å². The summed E-state index contributed by atoms with van der Waals surface area (Å²) >= 11 is 6.13. The van der Waals surface area contributed by atoms with Crippen molar-refractivity contribution in [2.24, 2.45) is 0 Å². The number of hydrogen-bond acceptors (Lipinski definition) is 3. The SMILES string of the molecule is COc1ccc(NC(=O)C=Cc2ccccc2Cl)cc1CCCN(C(C)C)C(C)C. The minimum absolute atomic E-state index is 0.197.